The third-order valence-corrected chi connectivity index (χ3v) is 16.4. The van der Waals surface area contributed by atoms with Crippen molar-refractivity contribution in [1.82, 2.24) is 13.9 Å². The fourth-order valence-electron chi connectivity index (χ4n) is 9.01. The van der Waals surface area contributed by atoms with Crippen LogP contribution in [0.15, 0.2) is 76.5 Å². The molecule has 0 bridgehead atoms. The quantitative estimate of drug-likeness (QED) is 0.103. The van der Waals surface area contributed by atoms with Crippen LogP contribution in [0.25, 0.3) is 0 Å². The van der Waals surface area contributed by atoms with Crippen molar-refractivity contribution in [2.75, 3.05) is 72.4 Å². The SMILES string of the molecule is CC(C)(CCC#N)CN(C[C@@H](O)[C@H](Cc1ccccc1)NC(=O)O[C@H]1CO[C@H]2OCC[C@H]21)S(=O)(=O)c1ccc2c(c1)OCCO2.CC(C)CN(CC(C)(C)CCCN)S(=O)(=O)c1ccc2c(c1)OCCO2. The molecule has 4 aliphatic heterocycles. The molecule has 7 rings (SSSR count). The summed E-state index contributed by atoms with van der Waals surface area (Å²) in [5.41, 5.74) is 5.73. The summed E-state index contributed by atoms with van der Waals surface area (Å²) in [6.45, 7) is 15.6. The number of carbonyl (C=O) groups excluding carboxylic acids is 1. The lowest BCUT2D eigenvalue weighted by Gasteiger charge is -2.35. The molecule has 0 unspecified atom stereocenters. The standard InChI is InChI=1S/C32H41N3O9S.C19H32N2O4S/c1-32(2,12-6-13-33)21-35(45(38,39)23-9-10-27-28(18-23)41-16-15-40-27)19-26(36)25(17-22-7-4-3-5-8-22)34-31(37)44-29-20-43-30-24(29)11-14-42-30;1-15(2)13-21(14-19(3,4)8-5-9-20)26(22,23)16-6-7-17-18(12-16)25-11-10-24-17/h3-5,7-10,18,24-26,29-30,36H,6,11-12,14-17,19-21H2,1-2H3,(H,34,37);6-7,12,15H,5,8-11,13-14,20H2,1-4H3/t24-,25-,26+,29-,30+;/m0./s1. The zero-order chi connectivity index (χ0) is 51.4. The highest BCUT2D eigenvalue weighted by molar-refractivity contribution is 7.89. The second-order valence-corrected chi connectivity index (χ2v) is 24.3. The topological polar surface area (TPSA) is 239 Å². The van der Waals surface area contributed by atoms with Gasteiger partial charge in [0.15, 0.2) is 29.3 Å². The molecular formula is C51H73N5O13S2. The Hall–Kier alpha value is -4.72. The first kappa shape index (κ1) is 55.6. The van der Waals surface area contributed by atoms with Crippen LogP contribution < -0.4 is 30.0 Å². The number of fused-ring (bicyclic) bond motifs is 3. The van der Waals surface area contributed by atoms with Gasteiger partial charge in [-0.1, -0.05) is 71.9 Å². The van der Waals surface area contributed by atoms with Gasteiger partial charge in [-0.2, -0.15) is 13.9 Å². The van der Waals surface area contributed by atoms with Crippen LogP contribution >= 0.6 is 0 Å². The van der Waals surface area contributed by atoms with Crippen LogP contribution in [0.4, 0.5) is 4.79 Å². The maximum absolute atomic E-state index is 14.2. The number of hydrogen-bond acceptors (Lipinski definition) is 15. The minimum absolute atomic E-state index is 0.0171. The molecule has 71 heavy (non-hydrogen) atoms. The number of hydrogen-bond donors (Lipinski definition) is 3. The first-order valence-corrected chi connectivity index (χ1v) is 27.4. The number of nitrogens with zero attached hydrogens (tertiary/aromatic N) is 3. The van der Waals surface area contributed by atoms with E-state index in [1.54, 1.807) is 28.6 Å². The van der Waals surface area contributed by atoms with Gasteiger partial charge in [0, 0.05) is 44.7 Å². The molecule has 5 atom stereocenters. The van der Waals surface area contributed by atoms with Crippen LogP contribution in [0.2, 0.25) is 0 Å². The molecule has 20 heteroatoms. The number of sulfonamides is 2. The average molecular weight is 1030 g/mol. The van der Waals surface area contributed by atoms with Gasteiger partial charge in [0.25, 0.3) is 0 Å². The van der Waals surface area contributed by atoms with Gasteiger partial charge >= 0.3 is 6.09 Å². The molecule has 2 fully saturated rings. The summed E-state index contributed by atoms with van der Waals surface area (Å²) in [6, 6.07) is 19.8. The molecule has 18 nitrogen and oxygen atoms in total. The molecule has 0 spiro atoms. The lowest BCUT2D eigenvalue weighted by Crippen LogP contribution is -2.52. The number of nitrogens with two attached hydrogens (primary N) is 1. The van der Waals surface area contributed by atoms with Crippen molar-refractivity contribution in [3.05, 3.63) is 72.3 Å². The molecule has 0 aliphatic carbocycles. The third-order valence-electron chi connectivity index (χ3n) is 12.8. The van der Waals surface area contributed by atoms with Crippen LogP contribution in [-0.2, 0) is 40.7 Å². The van der Waals surface area contributed by atoms with Gasteiger partial charge in [0.1, 0.15) is 32.5 Å². The first-order valence-electron chi connectivity index (χ1n) is 24.5. The number of aliphatic hydroxyl groups excluding tert-OH is 1. The number of rotatable bonds is 22. The number of carbonyl (C=O) groups is 1. The minimum atomic E-state index is -4.17. The van der Waals surface area contributed by atoms with E-state index in [2.05, 4.69) is 25.2 Å². The van der Waals surface area contributed by atoms with Gasteiger partial charge in [0.05, 0.1) is 47.1 Å². The molecule has 0 aromatic heterocycles. The molecule has 3 aromatic carbocycles. The highest BCUT2D eigenvalue weighted by atomic mass is 32.2. The van der Waals surface area contributed by atoms with E-state index in [0.717, 1.165) is 18.4 Å². The molecular weight excluding hydrogens is 955 g/mol. The Balaban J connectivity index is 0.000000270. The lowest BCUT2D eigenvalue weighted by molar-refractivity contribution is -0.0907. The van der Waals surface area contributed by atoms with Crippen molar-refractivity contribution in [3.8, 4) is 29.1 Å². The Morgan fingerprint density at radius 2 is 1.35 bits per heavy atom. The van der Waals surface area contributed by atoms with Crippen LogP contribution in [0.3, 0.4) is 0 Å². The Labute approximate surface area is 420 Å². The third kappa shape index (κ3) is 15.4. The van der Waals surface area contributed by atoms with Crippen LogP contribution in [-0.4, -0.2) is 134 Å². The van der Waals surface area contributed by atoms with E-state index in [1.165, 1.54) is 16.4 Å². The molecule has 1 amide bonds. The van der Waals surface area contributed by atoms with E-state index >= 15 is 0 Å². The molecule has 2 saturated heterocycles. The zero-order valence-corrected chi connectivity index (χ0v) is 43.6. The van der Waals surface area contributed by atoms with E-state index in [9.17, 15) is 32.0 Å². The summed E-state index contributed by atoms with van der Waals surface area (Å²) < 4.78 is 96.8. The van der Waals surface area contributed by atoms with Crippen molar-refractivity contribution >= 4 is 26.1 Å². The summed E-state index contributed by atoms with van der Waals surface area (Å²) >= 11 is 0. The van der Waals surface area contributed by atoms with E-state index < -0.39 is 56.1 Å². The van der Waals surface area contributed by atoms with Crippen molar-refractivity contribution in [3.63, 3.8) is 0 Å². The molecule has 4 aliphatic rings. The predicted octanol–water partition coefficient (Wildman–Crippen LogP) is 6.11. The van der Waals surface area contributed by atoms with Crippen molar-refractivity contribution in [2.24, 2.45) is 28.4 Å². The van der Waals surface area contributed by atoms with Gasteiger partial charge in [-0.25, -0.2) is 21.6 Å². The molecule has 0 radical (unpaired) electrons. The van der Waals surface area contributed by atoms with Crippen LogP contribution in [0.1, 0.15) is 79.2 Å². The van der Waals surface area contributed by atoms with Crippen LogP contribution in [0.5, 0.6) is 23.0 Å². The second-order valence-electron chi connectivity index (χ2n) is 20.5. The summed E-state index contributed by atoms with van der Waals surface area (Å²) in [4.78, 5) is 13.4. The number of amides is 1. The van der Waals surface area contributed by atoms with E-state index in [0.29, 0.717) is 88.5 Å². The Kier molecular flexibility index (Phi) is 19.4. The van der Waals surface area contributed by atoms with Gasteiger partial charge in [-0.15, -0.1) is 0 Å². The number of benzene rings is 3. The summed E-state index contributed by atoms with van der Waals surface area (Å²) in [5.74, 6) is 2.03. The Morgan fingerprint density at radius 3 is 1.90 bits per heavy atom. The number of nitrogens with one attached hydrogen (secondary N) is 1. The highest BCUT2D eigenvalue weighted by Crippen LogP contribution is 2.37. The molecule has 4 heterocycles. The monoisotopic (exact) mass is 1030 g/mol. The number of alkyl carbamates (subject to hydrolysis) is 1. The van der Waals surface area contributed by atoms with Gasteiger partial charge in [-0.3, -0.25) is 0 Å². The fourth-order valence-corrected chi connectivity index (χ4v) is 12.5. The van der Waals surface area contributed by atoms with Gasteiger partial charge < -0.3 is 49.3 Å². The normalized spacial score (nSPS) is 19.6. The summed E-state index contributed by atoms with van der Waals surface area (Å²) in [5, 5.41) is 23.6. The maximum atomic E-state index is 14.2. The smallest absolute Gasteiger partial charge is 0.407 e. The summed E-state index contributed by atoms with van der Waals surface area (Å²) in [6.07, 6.45) is 0.468. The van der Waals surface area contributed by atoms with Crippen molar-refractivity contribution in [2.45, 2.75) is 114 Å². The van der Waals surface area contributed by atoms with Gasteiger partial charge in [-0.05, 0) is 85.2 Å². The lowest BCUT2D eigenvalue weighted by atomic mass is 9.87. The highest BCUT2D eigenvalue weighted by Gasteiger charge is 2.44. The van der Waals surface area contributed by atoms with E-state index in [4.69, 9.17) is 38.9 Å². The predicted molar refractivity (Wildman–Crippen MR) is 265 cm³/mol. The first-order chi connectivity index (χ1) is 33.7. The van der Waals surface area contributed by atoms with Crippen molar-refractivity contribution in [1.29, 1.82) is 5.26 Å². The number of ether oxygens (including phenoxy) is 7. The van der Waals surface area contributed by atoms with E-state index in [-0.39, 0.29) is 59.6 Å². The fraction of sp³-hybridized carbons (Fsp3) is 0.608. The summed E-state index contributed by atoms with van der Waals surface area (Å²) in [7, 11) is -7.79. The number of aliphatic hydroxyl groups is 1. The van der Waals surface area contributed by atoms with Gasteiger partial charge in [0.2, 0.25) is 20.0 Å². The Bertz CT molecular complexity index is 2490. The maximum Gasteiger partial charge on any atom is 0.407 e. The Morgan fingerprint density at radius 1 is 0.803 bits per heavy atom. The number of nitriles is 1. The second kappa shape index (κ2) is 24.8. The van der Waals surface area contributed by atoms with Crippen molar-refractivity contribution < 1.29 is 59.9 Å². The molecule has 3 aromatic rings. The molecule has 4 N–H and O–H groups in total. The molecule has 0 saturated carbocycles. The molecule has 392 valence electrons. The minimum Gasteiger partial charge on any atom is -0.486 e. The average Bonchev–Trinajstić information content (AvgIpc) is 3.97. The van der Waals surface area contributed by atoms with E-state index in [1.807, 2.05) is 58.0 Å². The zero-order valence-electron chi connectivity index (χ0n) is 41.9. The van der Waals surface area contributed by atoms with Crippen LogP contribution in [0, 0.1) is 34.0 Å². The largest absolute Gasteiger partial charge is 0.486 e.